The number of terminal acetylenes is 1. The average Bonchev–Trinajstić information content (AvgIpc) is 2.35. The predicted molar refractivity (Wildman–Crippen MR) is 69.8 cm³/mol. The van der Waals surface area contributed by atoms with Crippen LogP contribution < -0.4 is 4.90 Å². The van der Waals surface area contributed by atoms with Gasteiger partial charge in [-0.25, -0.2) is 0 Å². The molecule has 0 fully saturated rings. The van der Waals surface area contributed by atoms with E-state index in [4.69, 9.17) is 6.42 Å². The highest BCUT2D eigenvalue weighted by molar-refractivity contribution is 5.98. The number of Topliss-reactive ketones (excluding diaryl/α,β-unsaturated/α-hetero) is 1. The van der Waals surface area contributed by atoms with Crippen LogP contribution in [0.1, 0.15) is 24.2 Å². The third kappa shape index (κ3) is 2.86. The smallest absolute Gasteiger partial charge is 0.282 e. The fourth-order valence-electron chi connectivity index (χ4n) is 1.66. The van der Waals surface area contributed by atoms with Crippen molar-refractivity contribution in [2.45, 2.75) is 13.8 Å². The maximum Gasteiger partial charge on any atom is 0.282 e. The van der Waals surface area contributed by atoms with E-state index in [-0.39, 0.29) is 17.0 Å². The molecule has 0 saturated heterocycles. The summed E-state index contributed by atoms with van der Waals surface area (Å²) in [6.07, 6.45) is 5.24. The van der Waals surface area contributed by atoms with Gasteiger partial charge >= 0.3 is 0 Å². The third-order valence-electron chi connectivity index (χ3n) is 2.59. The van der Waals surface area contributed by atoms with Crippen molar-refractivity contribution in [2.75, 3.05) is 18.0 Å². The summed E-state index contributed by atoms with van der Waals surface area (Å²) in [4.78, 5) is 23.5. The van der Waals surface area contributed by atoms with Crippen LogP contribution in [0.2, 0.25) is 0 Å². The van der Waals surface area contributed by atoms with Crippen molar-refractivity contribution in [1.82, 2.24) is 0 Å². The van der Waals surface area contributed by atoms with E-state index < -0.39 is 4.92 Å². The van der Waals surface area contributed by atoms with Gasteiger partial charge in [0, 0.05) is 18.3 Å². The monoisotopic (exact) mass is 246 g/mol. The highest BCUT2D eigenvalue weighted by atomic mass is 16.6. The second kappa shape index (κ2) is 5.82. The van der Waals surface area contributed by atoms with Crippen molar-refractivity contribution < 1.29 is 9.72 Å². The van der Waals surface area contributed by atoms with Crippen LogP contribution >= 0.6 is 0 Å². The van der Waals surface area contributed by atoms with Crippen molar-refractivity contribution in [3.63, 3.8) is 0 Å². The molecular formula is C13H14N2O3. The van der Waals surface area contributed by atoms with E-state index >= 15 is 0 Å². The van der Waals surface area contributed by atoms with E-state index in [2.05, 4.69) is 5.92 Å². The highest BCUT2D eigenvalue weighted by Gasteiger charge is 2.19. The summed E-state index contributed by atoms with van der Waals surface area (Å²) in [5, 5.41) is 10.9. The normalized spacial score (nSPS) is 9.61. The number of hydrogen-bond acceptors (Lipinski definition) is 4. The molecule has 5 nitrogen and oxygen atoms in total. The summed E-state index contributed by atoms with van der Waals surface area (Å²) >= 11 is 0. The summed E-state index contributed by atoms with van der Waals surface area (Å²) in [5.74, 6) is 2.17. The lowest BCUT2D eigenvalue weighted by molar-refractivity contribution is -0.385. The number of carbonyl (C=O) groups excluding carboxylic acids is 1. The van der Waals surface area contributed by atoms with Gasteiger partial charge in [0.2, 0.25) is 0 Å². The molecule has 0 aliphatic rings. The standard InChI is InChI=1S/C13H14N2O3/c1-4-8-14(5-2)11-6-7-12(10(3)16)13(9-11)15(17)18/h1,6-7,9H,5,8H2,2-3H3. The topological polar surface area (TPSA) is 63.5 Å². The number of nitro benzene ring substituents is 1. The molecule has 0 amide bonds. The van der Waals surface area contributed by atoms with Gasteiger partial charge in [-0.1, -0.05) is 5.92 Å². The van der Waals surface area contributed by atoms with E-state index in [1.54, 1.807) is 6.07 Å². The first-order valence-corrected chi connectivity index (χ1v) is 5.49. The lowest BCUT2D eigenvalue weighted by Crippen LogP contribution is -2.23. The van der Waals surface area contributed by atoms with Crippen LogP contribution in [0.25, 0.3) is 0 Å². The summed E-state index contributed by atoms with van der Waals surface area (Å²) in [5.41, 5.74) is 0.572. The second-order valence-electron chi connectivity index (χ2n) is 3.73. The minimum absolute atomic E-state index is 0.112. The summed E-state index contributed by atoms with van der Waals surface area (Å²) in [6.45, 7) is 4.22. The van der Waals surface area contributed by atoms with Gasteiger partial charge in [-0.2, -0.15) is 0 Å². The largest absolute Gasteiger partial charge is 0.360 e. The maximum atomic E-state index is 11.3. The van der Waals surface area contributed by atoms with Crippen LogP contribution in [-0.2, 0) is 0 Å². The minimum atomic E-state index is -0.552. The Labute approximate surface area is 106 Å². The Morgan fingerprint density at radius 3 is 2.67 bits per heavy atom. The second-order valence-corrected chi connectivity index (χ2v) is 3.73. The lowest BCUT2D eigenvalue weighted by Gasteiger charge is -2.20. The van der Waals surface area contributed by atoms with Crippen LogP contribution in [0.5, 0.6) is 0 Å². The Morgan fingerprint density at radius 2 is 2.22 bits per heavy atom. The maximum absolute atomic E-state index is 11.3. The van der Waals surface area contributed by atoms with Crippen LogP contribution in [0.15, 0.2) is 18.2 Å². The number of nitro groups is 1. The van der Waals surface area contributed by atoms with Crippen molar-refractivity contribution in [1.29, 1.82) is 0 Å². The fraction of sp³-hybridized carbons (Fsp3) is 0.308. The minimum Gasteiger partial charge on any atom is -0.360 e. The van der Waals surface area contributed by atoms with Gasteiger partial charge in [0.15, 0.2) is 5.78 Å². The Balaban J connectivity index is 3.26. The molecule has 0 unspecified atom stereocenters. The summed E-state index contributed by atoms with van der Waals surface area (Å²) in [7, 11) is 0. The Kier molecular flexibility index (Phi) is 4.44. The zero-order valence-corrected chi connectivity index (χ0v) is 10.3. The van der Waals surface area contributed by atoms with Crippen molar-refractivity contribution >= 4 is 17.2 Å². The molecular weight excluding hydrogens is 232 g/mol. The first-order chi connectivity index (χ1) is 8.51. The molecule has 0 aliphatic heterocycles. The quantitative estimate of drug-likeness (QED) is 0.346. The molecule has 0 N–H and O–H groups in total. The van der Waals surface area contributed by atoms with Crippen molar-refractivity contribution in [3.8, 4) is 12.3 Å². The van der Waals surface area contributed by atoms with Gasteiger partial charge in [-0.15, -0.1) is 6.42 Å². The van der Waals surface area contributed by atoms with Crippen molar-refractivity contribution in [3.05, 3.63) is 33.9 Å². The van der Waals surface area contributed by atoms with Gasteiger partial charge < -0.3 is 4.90 Å². The van der Waals surface area contributed by atoms with E-state index in [9.17, 15) is 14.9 Å². The van der Waals surface area contributed by atoms with Gasteiger partial charge in [0.25, 0.3) is 5.69 Å². The SMILES string of the molecule is C#CCN(CC)c1ccc(C(C)=O)c([N+](=O)[O-])c1. The molecule has 0 aromatic heterocycles. The summed E-state index contributed by atoms with van der Waals surface area (Å²) < 4.78 is 0. The number of nitrogens with zero attached hydrogens (tertiary/aromatic N) is 2. The molecule has 1 aromatic carbocycles. The third-order valence-corrected chi connectivity index (χ3v) is 2.59. The zero-order valence-electron chi connectivity index (χ0n) is 10.3. The molecule has 1 rings (SSSR count). The van der Waals surface area contributed by atoms with Crippen LogP contribution in [0.4, 0.5) is 11.4 Å². The molecule has 18 heavy (non-hydrogen) atoms. The molecule has 0 radical (unpaired) electrons. The van der Waals surface area contributed by atoms with E-state index in [1.165, 1.54) is 19.1 Å². The summed E-state index contributed by atoms with van der Waals surface area (Å²) in [6, 6.07) is 4.52. The number of hydrogen-bond donors (Lipinski definition) is 0. The number of anilines is 1. The first-order valence-electron chi connectivity index (χ1n) is 5.49. The Morgan fingerprint density at radius 1 is 1.56 bits per heavy atom. The number of benzene rings is 1. The van der Waals surface area contributed by atoms with Crippen molar-refractivity contribution in [2.24, 2.45) is 0 Å². The van der Waals surface area contributed by atoms with Gasteiger partial charge in [-0.05, 0) is 26.0 Å². The van der Waals surface area contributed by atoms with E-state index in [0.29, 0.717) is 18.8 Å². The van der Waals surface area contributed by atoms with E-state index in [1.807, 2.05) is 11.8 Å². The van der Waals surface area contributed by atoms with Crippen LogP contribution in [-0.4, -0.2) is 23.8 Å². The Hall–Kier alpha value is -2.35. The van der Waals surface area contributed by atoms with Crippen LogP contribution in [0, 0.1) is 22.5 Å². The average molecular weight is 246 g/mol. The van der Waals surface area contributed by atoms with E-state index in [0.717, 1.165) is 0 Å². The molecule has 0 spiro atoms. The van der Waals surface area contributed by atoms with Crippen LogP contribution in [0.3, 0.4) is 0 Å². The molecule has 0 saturated carbocycles. The fourth-order valence-corrected chi connectivity index (χ4v) is 1.66. The molecule has 5 heteroatoms. The number of carbonyl (C=O) groups is 1. The lowest BCUT2D eigenvalue weighted by atomic mass is 10.1. The first kappa shape index (κ1) is 13.7. The molecule has 94 valence electrons. The number of ketones is 1. The highest BCUT2D eigenvalue weighted by Crippen LogP contribution is 2.25. The molecule has 0 aliphatic carbocycles. The predicted octanol–water partition coefficient (Wildman–Crippen LogP) is 2.26. The van der Waals surface area contributed by atoms with Gasteiger partial charge in [-0.3, -0.25) is 14.9 Å². The zero-order chi connectivity index (χ0) is 13.7. The number of rotatable bonds is 5. The molecule has 1 aromatic rings. The van der Waals surface area contributed by atoms with Gasteiger partial charge in [0.05, 0.1) is 17.0 Å². The molecule has 0 heterocycles. The molecule has 0 atom stereocenters. The Bertz CT molecular complexity index is 517. The van der Waals surface area contributed by atoms with Gasteiger partial charge in [0.1, 0.15) is 0 Å². The molecule has 0 bridgehead atoms.